The van der Waals surface area contributed by atoms with Gasteiger partial charge in [0.05, 0.1) is 15.2 Å². The monoisotopic (exact) mass is 409 g/mol. The highest BCUT2D eigenvalue weighted by molar-refractivity contribution is 7.52. The molecule has 2 aromatic carbocycles. The minimum absolute atomic E-state index is 0.169. The number of allylic oxidation sites excluding steroid dienone is 1. The molecule has 2 bridgehead atoms. The van der Waals surface area contributed by atoms with Crippen molar-refractivity contribution in [3.8, 4) is 11.1 Å². The Kier molecular flexibility index (Phi) is 3.98. The minimum atomic E-state index is -1.84. The lowest BCUT2D eigenvalue weighted by atomic mass is 9.88. The molecule has 0 saturated heterocycles. The highest BCUT2D eigenvalue weighted by Gasteiger charge is 2.54. The van der Waals surface area contributed by atoms with Crippen LogP contribution in [0.5, 0.6) is 0 Å². The van der Waals surface area contributed by atoms with Gasteiger partial charge in [-0.2, -0.15) is 0 Å². The summed E-state index contributed by atoms with van der Waals surface area (Å²) in [5.74, 6) is -0.524. The van der Waals surface area contributed by atoms with Crippen LogP contribution in [-0.2, 0) is 6.42 Å². The number of halogens is 1. The summed E-state index contributed by atoms with van der Waals surface area (Å²) in [6.07, 6.45) is 2.70. The van der Waals surface area contributed by atoms with Gasteiger partial charge in [-0.25, -0.2) is 4.39 Å². The van der Waals surface area contributed by atoms with Crippen LogP contribution in [0, 0.1) is 19.7 Å². The van der Waals surface area contributed by atoms with Crippen LogP contribution >= 0.6 is 0 Å². The predicted octanol–water partition coefficient (Wildman–Crippen LogP) is 4.09. The molecule has 5 heteroatoms. The van der Waals surface area contributed by atoms with Gasteiger partial charge in [0.15, 0.2) is 0 Å². The summed E-state index contributed by atoms with van der Waals surface area (Å²) in [4.78, 5) is 12.8. The Morgan fingerprint density at radius 1 is 1.00 bits per heavy atom. The second-order valence-corrected chi connectivity index (χ2v) is 24.5. The third-order valence-electron chi connectivity index (χ3n) is 7.47. The van der Waals surface area contributed by atoms with Crippen LogP contribution in [0.4, 0.5) is 4.39 Å². The number of hydrogen-bond donors (Lipinski definition) is 1. The van der Waals surface area contributed by atoms with Gasteiger partial charge in [-0.15, -0.1) is 0 Å². The SMILES string of the molecule is CC1=Cc2c(-c3c(C)c4c(C)c(c3C(N)=O)[Si](C)(C)[Si]4(C)C)ccc(F)c2C1. The van der Waals surface area contributed by atoms with Crippen molar-refractivity contribution in [2.24, 2.45) is 5.73 Å². The first-order valence-corrected chi connectivity index (χ1v) is 16.9. The summed E-state index contributed by atoms with van der Waals surface area (Å²) in [6.45, 7) is 16.0. The Balaban J connectivity index is 2.19. The highest BCUT2D eigenvalue weighted by atomic mass is 29.3. The number of hydrogen-bond acceptors (Lipinski definition) is 1. The summed E-state index contributed by atoms with van der Waals surface area (Å²) < 4.78 is 14.5. The van der Waals surface area contributed by atoms with E-state index >= 15 is 0 Å². The van der Waals surface area contributed by atoms with E-state index in [1.54, 1.807) is 6.07 Å². The van der Waals surface area contributed by atoms with E-state index in [1.807, 2.05) is 13.0 Å². The van der Waals surface area contributed by atoms with Crippen LogP contribution in [0.25, 0.3) is 17.2 Å². The van der Waals surface area contributed by atoms with Gasteiger partial charge in [0.2, 0.25) is 5.91 Å². The largest absolute Gasteiger partial charge is 0.366 e. The molecule has 1 heterocycles. The zero-order valence-corrected chi connectivity index (χ0v) is 19.8. The molecular weight excluding hydrogens is 381 g/mol. The van der Waals surface area contributed by atoms with Crippen molar-refractivity contribution in [1.29, 1.82) is 0 Å². The normalized spacial score (nSPS) is 18.2. The lowest BCUT2D eigenvalue weighted by molar-refractivity contribution is 0.100. The molecule has 1 aliphatic carbocycles. The van der Waals surface area contributed by atoms with Gasteiger partial charge in [-0.05, 0) is 66.3 Å². The van der Waals surface area contributed by atoms with Crippen LogP contribution in [0.2, 0.25) is 26.2 Å². The van der Waals surface area contributed by atoms with Crippen LogP contribution < -0.4 is 16.1 Å². The average molecular weight is 410 g/mol. The molecule has 0 spiro atoms. The molecule has 1 amide bonds. The summed E-state index contributed by atoms with van der Waals surface area (Å²) in [5.41, 5.74) is 13.9. The zero-order chi connectivity index (χ0) is 20.8. The molecule has 0 fully saturated rings. The summed E-state index contributed by atoms with van der Waals surface area (Å²) in [7, 11) is -3.57. The van der Waals surface area contributed by atoms with Crippen LogP contribution in [0.1, 0.15) is 39.5 Å². The fraction of sp³-hybridized carbons (Fsp3) is 0.348. The number of rotatable bonds is 2. The Morgan fingerprint density at radius 3 is 2.21 bits per heavy atom. The molecule has 0 radical (unpaired) electrons. The van der Waals surface area contributed by atoms with E-state index in [1.165, 1.54) is 21.5 Å². The van der Waals surface area contributed by atoms with E-state index < -0.39 is 15.2 Å². The van der Waals surface area contributed by atoms with Crippen molar-refractivity contribution in [3.05, 3.63) is 51.3 Å². The maximum Gasteiger partial charge on any atom is 0.249 e. The molecule has 1 aliphatic heterocycles. The summed E-state index contributed by atoms with van der Waals surface area (Å²) in [6, 6.07) is 3.39. The number of amides is 1. The number of primary amides is 1. The fourth-order valence-electron chi connectivity index (χ4n) is 5.73. The standard InChI is InChI=1S/C23H28FNOSi2/c1-12-10-16-15(8-9-18(24)17(16)11-12)19-13(2)21-14(3)22(20(19)23(25)26)28(6,7)27(21,4)5/h8-10H,11H2,1-7H3,(H2,25,26). The van der Waals surface area contributed by atoms with Crippen molar-refractivity contribution in [3.63, 3.8) is 0 Å². The van der Waals surface area contributed by atoms with Gasteiger partial charge in [-0.3, -0.25) is 4.79 Å². The van der Waals surface area contributed by atoms with E-state index in [9.17, 15) is 9.18 Å². The van der Waals surface area contributed by atoms with Crippen molar-refractivity contribution < 1.29 is 9.18 Å². The Hall–Kier alpha value is -1.99. The molecule has 0 aromatic heterocycles. The second-order valence-electron chi connectivity index (χ2n) is 9.52. The molecule has 146 valence electrons. The Labute approximate surface area is 168 Å². The lowest BCUT2D eigenvalue weighted by Crippen LogP contribution is -2.64. The van der Waals surface area contributed by atoms with Gasteiger partial charge in [0.1, 0.15) is 5.82 Å². The third-order valence-corrected chi connectivity index (χ3v) is 25.3. The van der Waals surface area contributed by atoms with Gasteiger partial charge < -0.3 is 5.73 Å². The minimum Gasteiger partial charge on any atom is -0.366 e. The number of benzene rings is 2. The lowest BCUT2D eigenvalue weighted by Gasteiger charge is -2.33. The van der Waals surface area contributed by atoms with Crippen LogP contribution in [0.3, 0.4) is 0 Å². The molecule has 0 unspecified atom stereocenters. The molecule has 2 N–H and O–H groups in total. The van der Waals surface area contributed by atoms with Gasteiger partial charge in [-0.1, -0.05) is 54.7 Å². The topological polar surface area (TPSA) is 43.1 Å². The molecule has 2 aliphatic rings. The maximum absolute atomic E-state index is 14.5. The molecule has 2 aromatic rings. The zero-order valence-electron chi connectivity index (χ0n) is 17.8. The van der Waals surface area contributed by atoms with Crippen molar-refractivity contribution in [2.75, 3.05) is 0 Å². The maximum atomic E-state index is 14.5. The molecular formula is C23H28FNOSi2. The average Bonchev–Trinajstić information content (AvgIpc) is 3.00. The predicted molar refractivity (Wildman–Crippen MR) is 121 cm³/mol. The summed E-state index contributed by atoms with van der Waals surface area (Å²) in [5, 5.41) is 2.72. The Morgan fingerprint density at radius 2 is 1.61 bits per heavy atom. The van der Waals surface area contributed by atoms with E-state index in [-0.39, 0.29) is 11.7 Å². The highest BCUT2D eigenvalue weighted by Crippen LogP contribution is 2.41. The van der Waals surface area contributed by atoms with Gasteiger partial charge in [0.25, 0.3) is 0 Å². The number of carbonyl (C=O) groups is 1. The first-order valence-electron chi connectivity index (χ1n) is 9.88. The van der Waals surface area contributed by atoms with E-state index in [0.29, 0.717) is 12.0 Å². The number of carbonyl (C=O) groups excluding carboxylic acids is 1. The second kappa shape index (κ2) is 5.77. The van der Waals surface area contributed by atoms with Crippen LogP contribution in [-0.4, -0.2) is 21.1 Å². The molecule has 0 saturated carbocycles. The first-order chi connectivity index (χ1) is 12.9. The van der Waals surface area contributed by atoms with Gasteiger partial charge in [0, 0.05) is 5.56 Å². The smallest absolute Gasteiger partial charge is 0.249 e. The van der Waals surface area contributed by atoms with E-state index in [4.69, 9.17) is 5.73 Å². The number of fused-ring (bicyclic) bond motifs is 3. The number of nitrogens with two attached hydrogens (primary N) is 1. The first kappa shape index (κ1) is 19.3. The molecule has 0 atom stereocenters. The fourth-order valence-corrected chi connectivity index (χ4v) is 17.0. The van der Waals surface area contributed by atoms with Crippen molar-refractivity contribution >= 4 is 37.5 Å². The molecule has 28 heavy (non-hydrogen) atoms. The Bertz CT molecular complexity index is 1110. The van der Waals surface area contributed by atoms with E-state index in [2.05, 4.69) is 46.1 Å². The quantitative estimate of drug-likeness (QED) is 0.746. The van der Waals surface area contributed by atoms with Crippen LogP contribution in [0.15, 0.2) is 17.7 Å². The van der Waals surface area contributed by atoms with Crippen molar-refractivity contribution in [2.45, 2.75) is 53.4 Å². The third kappa shape index (κ3) is 2.20. The van der Waals surface area contributed by atoms with Gasteiger partial charge >= 0.3 is 0 Å². The molecule has 2 nitrogen and oxygen atoms in total. The summed E-state index contributed by atoms with van der Waals surface area (Å²) >= 11 is 0. The van der Waals surface area contributed by atoms with E-state index in [0.717, 1.165) is 27.8 Å². The molecule has 4 rings (SSSR count). The van der Waals surface area contributed by atoms with Crippen molar-refractivity contribution in [1.82, 2.24) is 0 Å².